The van der Waals surface area contributed by atoms with E-state index in [0.717, 1.165) is 23.7 Å². The first-order valence-electron chi connectivity index (χ1n) is 6.97. The summed E-state index contributed by atoms with van der Waals surface area (Å²) >= 11 is 0. The largest absolute Gasteiger partial charge is 0.362 e. The highest BCUT2D eigenvalue weighted by molar-refractivity contribution is 5.72. The molecule has 1 saturated carbocycles. The van der Waals surface area contributed by atoms with Crippen molar-refractivity contribution in [3.63, 3.8) is 0 Å². The number of nitrogens with zero attached hydrogens (tertiary/aromatic N) is 1. The maximum Gasteiger partial charge on any atom is 0.147 e. The van der Waals surface area contributed by atoms with Gasteiger partial charge < -0.3 is 4.90 Å². The zero-order chi connectivity index (χ0) is 12.5. The second-order valence-electron chi connectivity index (χ2n) is 5.65. The van der Waals surface area contributed by atoms with Crippen molar-refractivity contribution < 1.29 is 4.39 Å². The number of benzene rings is 1. The lowest BCUT2D eigenvalue weighted by atomic mass is 9.86. The Hall–Kier alpha value is -1.31. The van der Waals surface area contributed by atoms with Gasteiger partial charge in [0, 0.05) is 18.2 Å². The Labute approximate surface area is 108 Å². The van der Waals surface area contributed by atoms with Crippen LogP contribution in [0.3, 0.4) is 0 Å². The summed E-state index contributed by atoms with van der Waals surface area (Å²) in [5.74, 6) is 0.761. The lowest BCUT2D eigenvalue weighted by molar-refractivity contribution is 0.336. The third-order valence-electron chi connectivity index (χ3n) is 4.33. The molecule has 1 aromatic carbocycles. The lowest BCUT2D eigenvalue weighted by Gasteiger charge is -2.39. The number of hydrogen-bond acceptors (Lipinski definition) is 1. The molecule has 0 saturated heterocycles. The summed E-state index contributed by atoms with van der Waals surface area (Å²) in [6, 6.07) is 5.90. The Morgan fingerprint density at radius 1 is 1.17 bits per heavy atom. The summed E-state index contributed by atoms with van der Waals surface area (Å²) in [7, 11) is 0. The van der Waals surface area contributed by atoms with Crippen LogP contribution in [-0.4, -0.2) is 12.6 Å². The summed E-state index contributed by atoms with van der Waals surface area (Å²) in [6.07, 6.45) is 9.13. The normalized spacial score (nSPS) is 27.1. The third kappa shape index (κ3) is 2.05. The van der Waals surface area contributed by atoms with E-state index in [1.165, 1.54) is 25.7 Å². The number of halogens is 1. The topological polar surface area (TPSA) is 3.24 Å². The predicted octanol–water partition coefficient (Wildman–Crippen LogP) is 4.24. The first-order chi connectivity index (χ1) is 8.75. The van der Waals surface area contributed by atoms with Crippen LogP contribution >= 0.6 is 0 Å². The molecule has 0 bridgehead atoms. The van der Waals surface area contributed by atoms with Crippen molar-refractivity contribution in [1.29, 1.82) is 0 Å². The molecule has 1 fully saturated rings. The second-order valence-corrected chi connectivity index (χ2v) is 5.65. The van der Waals surface area contributed by atoms with E-state index in [-0.39, 0.29) is 5.82 Å². The van der Waals surface area contributed by atoms with E-state index in [9.17, 15) is 4.39 Å². The van der Waals surface area contributed by atoms with Crippen LogP contribution in [0.15, 0.2) is 24.3 Å². The fourth-order valence-corrected chi connectivity index (χ4v) is 3.24. The highest BCUT2D eigenvalue weighted by Gasteiger charge is 2.27. The molecule has 0 unspecified atom stereocenters. The molecule has 1 aliphatic carbocycles. The van der Waals surface area contributed by atoms with E-state index in [2.05, 4.69) is 17.9 Å². The Morgan fingerprint density at radius 3 is 2.72 bits per heavy atom. The summed E-state index contributed by atoms with van der Waals surface area (Å²) < 4.78 is 14.1. The molecule has 0 aromatic heterocycles. The predicted molar refractivity (Wildman–Crippen MR) is 74.2 cm³/mol. The van der Waals surface area contributed by atoms with Crippen LogP contribution in [0, 0.1) is 11.7 Å². The molecule has 1 aliphatic heterocycles. The van der Waals surface area contributed by atoms with Gasteiger partial charge in [0.25, 0.3) is 0 Å². The van der Waals surface area contributed by atoms with Crippen molar-refractivity contribution in [2.24, 2.45) is 5.92 Å². The molecule has 0 radical (unpaired) electrons. The minimum atomic E-state index is -0.0736. The summed E-state index contributed by atoms with van der Waals surface area (Å²) in [5, 5.41) is 0. The average Bonchev–Trinajstić information content (AvgIpc) is 2.39. The van der Waals surface area contributed by atoms with Gasteiger partial charge in [0.05, 0.1) is 5.69 Å². The number of rotatable bonds is 1. The Bertz CT molecular complexity index is 458. The zero-order valence-electron chi connectivity index (χ0n) is 10.9. The van der Waals surface area contributed by atoms with Gasteiger partial charge in [-0.3, -0.25) is 0 Å². The quantitative estimate of drug-likeness (QED) is 0.715. The van der Waals surface area contributed by atoms with Gasteiger partial charge in [0.1, 0.15) is 5.82 Å². The van der Waals surface area contributed by atoms with Crippen molar-refractivity contribution in [2.75, 3.05) is 11.4 Å². The van der Waals surface area contributed by atoms with Crippen molar-refractivity contribution >= 4 is 11.8 Å². The molecular weight excluding hydrogens is 225 g/mol. The Morgan fingerprint density at radius 2 is 1.94 bits per heavy atom. The van der Waals surface area contributed by atoms with Crippen LogP contribution < -0.4 is 4.90 Å². The van der Waals surface area contributed by atoms with Crippen LogP contribution in [0.2, 0.25) is 0 Å². The van der Waals surface area contributed by atoms with Crippen molar-refractivity contribution in [2.45, 2.75) is 38.6 Å². The van der Waals surface area contributed by atoms with Gasteiger partial charge in [-0.05, 0) is 37.7 Å². The number of hydrogen-bond donors (Lipinski definition) is 0. The van der Waals surface area contributed by atoms with E-state index < -0.39 is 0 Å². The van der Waals surface area contributed by atoms with Gasteiger partial charge in [-0.1, -0.05) is 31.2 Å². The van der Waals surface area contributed by atoms with Gasteiger partial charge in [-0.25, -0.2) is 4.39 Å². The minimum Gasteiger partial charge on any atom is -0.362 e. The van der Waals surface area contributed by atoms with Crippen molar-refractivity contribution in [1.82, 2.24) is 0 Å². The van der Waals surface area contributed by atoms with Crippen molar-refractivity contribution in [3.8, 4) is 0 Å². The maximum absolute atomic E-state index is 14.1. The van der Waals surface area contributed by atoms with E-state index in [1.807, 2.05) is 12.1 Å². The molecule has 0 spiro atoms. The van der Waals surface area contributed by atoms with E-state index >= 15 is 0 Å². The summed E-state index contributed by atoms with van der Waals surface area (Å²) in [4.78, 5) is 2.27. The highest BCUT2D eigenvalue weighted by Crippen LogP contribution is 2.35. The molecule has 0 N–H and O–H groups in total. The van der Waals surface area contributed by atoms with Gasteiger partial charge in [-0.2, -0.15) is 0 Å². The van der Waals surface area contributed by atoms with Gasteiger partial charge in [-0.15, -0.1) is 0 Å². The molecule has 1 heterocycles. The summed E-state index contributed by atoms with van der Waals surface area (Å²) in [5.41, 5.74) is 1.85. The monoisotopic (exact) mass is 245 g/mol. The van der Waals surface area contributed by atoms with Gasteiger partial charge in [0.15, 0.2) is 0 Å². The molecule has 18 heavy (non-hydrogen) atoms. The summed E-state index contributed by atoms with van der Waals surface area (Å²) in [6.45, 7) is 3.17. The zero-order valence-corrected chi connectivity index (χ0v) is 10.9. The fourth-order valence-electron chi connectivity index (χ4n) is 3.24. The number of para-hydroxylation sites is 1. The van der Waals surface area contributed by atoms with E-state index in [4.69, 9.17) is 0 Å². The molecule has 96 valence electrons. The molecule has 3 rings (SSSR count). The van der Waals surface area contributed by atoms with Crippen LogP contribution in [-0.2, 0) is 0 Å². The minimum absolute atomic E-state index is 0.0736. The number of anilines is 1. The standard InChI is InChI=1S/C16H20FN/c1-12-7-9-14(10-8-12)18-11-3-5-13-4-2-6-15(17)16(13)18/h2-6,12,14H,7-11H2,1H3. The second kappa shape index (κ2) is 4.75. The molecule has 0 atom stereocenters. The van der Waals surface area contributed by atoms with E-state index in [0.29, 0.717) is 6.04 Å². The first kappa shape index (κ1) is 11.8. The van der Waals surface area contributed by atoms with Gasteiger partial charge >= 0.3 is 0 Å². The van der Waals surface area contributed by atoms with Crippen molar-refractivity contribution in [3.05, 3.63) is 35.7 Å². The first-order valence-corrected chi connectivity index (χ1v) is 6.97. The van der Waals surface area contributed by atoms with Crippen LogP contribution in [0.25, 0.3) is 6.08 Å². The van der Waals surface area contributed by atoms with Crippen LogP contribution in [0.1, 0.15) is 38.2 Å². The molecule has 1 aromatic rings. The smallest absolute Gasteiger partial charge is 0.147 e. The average molecular weight is 245 g/mol. The SMILES string of the molecule is CC1CCC(N2CC=Cc3cccc(F)c32)CC1. The molecule has 2 heteroatoms. The van der Waals surface area contributed by atoms with E-state index in [1.54, 1.807) is 12.1 Å². The maximum atomic E-state index is 14.1. The lowest BCUT2D eigenvalue weighted by Crippen LogP contribution is -2.40. The van der Waals surface area contributed by atoms with Crippen LogP contribution in [0.4, 0.5) is 10.1 Å². The highest BCUT2D eigenvalue weighted by atomic mass is 19.1. The third-order valence-corrected chi connectivity index (χ3v) is 4.33. The molecular formula is C16H20FN. The van der Waals surface area contributed by atoms with Gasteiger partial charge in [0.2, 0.25) is 0 Å². The molecule has 2 aliphatic rings. The van der Waals surface area contributed by atoms with Crippen LogP contribution in [0.5, 0.6) is 0 Å². The molecule has 0 amide bonds. The fraction of sp³-hybridized carbons (Fsp3) is 0.500. The Balaban J connectivity index is 1.89. The molecule has 1 nitrogen and oxygen atoms in total. The number of fused-ring (bicyclic) bond motifs is 1. The Kier molecular flexibility index (Phi) is 3.11.